The summed E-state index contributed by atoms with van der Waals surface area (Å²) in [4.78, 5) is 0. The summed E-state index contributed by atoms with van der Waals surface area (Å²) in [5.41, 5.74) is 2.48. The van der Waals surface area contributed by atoms with E-state index in [-0.39, 0.29) is 0 Å². The molecule has 1 aromatic carbocycles. The number of nitrogens with one attached hydrogen (secondary N) is 1. The van der Waals surface area contributed by atoms with Crippen molar-refractivity contribution < 1.29 is 4.74 Å². The van der Waals surface area contributed by atoms with Crippen LogP contribution in [0.2, 0.25) is 5.02 Å². The van der Waals surface area contributed by atoms with Crippen LogP contribution in [0.1, 0.15) is 24.0 Å². The molecular weight excluding hydrogens is 222 g/mol. The lowest BCUT2D eigenvalue weighted by Crippen LogP contribution is -2.16. The van der Waals surface area contributed by atoms with Gasteiger partial charge in [-0.2, -0.15) is 0 Å². The van der Waals surface area contributed by atoms with Crippen LogP contribution in [0.15, 0.2) is 12.1 Å². The molecule has 1 aromatic rings. The number of ether oxygens (including phenoxy) is 1. The maximum absolute atomic E-state index is 6.10. The van der Waals surface area contributed by atoms with Crippen LogP contribution in [0.4, 0.5) is 0 Å². The van der Waals surface area contributed by atoms with Crippen LogP contribution in [-0.2, 0) is 6.54 Å². The van der Waals surface area contributed by atoms with Crippen LogP contribution in [0.3, 0.4) is 0 Å². The standard InChI is InChI=1S/C13H18ClNO/c1-9-5-13(16-2)12(14)6-11(9)8-15-7-10-3-4-10/h5-6,10,15H,3-4,7-8H2,1-2H3. The minimum Gasteiger partial charge on any atom is -0.495 e. The van der Waals surface area contributed by atoms with Crippen LogP contribution in [0.25, 0.3) is 0 Å². The van der Waals surface area contributed by atoms with Gasteiger partial charge in [-0.1, -0.05) is 11.6 Å². The summed E-state index contributed by atoms with van der Waals surface area (Å²) in [7, 11) is 1.64. The van der Waals surface area contributed by atoms with Crippen LogP contribution in [0, 0.1) is 12.8 Å². The summed E-state index contributed by atoms with van der Waals surface area (Å²) < 4.78 is 5.18. The number of halogens is 1. The fraction of sp³-hybridized carbons (Fsp3) is 0.538. The molecule has 0 unspecified atom stereocenters. The van der Waals surface area contributed by atoms with E-state index >= 15 is 0 Å². The van der Waals surface area contributed by atoms with Gasteiger partial charge in [0.1, 0.15) is 5.75 Å². The van der Waals surface area contributed by atoms with Gasteiger partial charge in [0.25, 0.3) is 0 Å². The van der Waals surface area contributed by atoms with Gasteiger partial charge in [-0.3, -0.25) is 0 Å². The second-order valence-corrected chi connectivity index (χ2v) is 4.89. The summed E-state index contributed by atoms with van der Waals surface area (Å²) in [6, 6.07) is 3.99. The van der Waals surface area contributed by atoms with Crippen LogP contribution in [-0.4, -0.2) is 13.7 Å². The van der Waals surface area contributed by atoms with Crippen LogP contribution in [0.5, 0.6) is 5.75 Å². The molecule has 88 valence electrons. The monoisotopic (exact) mass is 239 g/mol. The first-order chi connectivity index (χ1) is 7.70. The van der Waals surface area contributed by atoms with Crippen molar-refractivity contribution in [2.45, 2.75) is 26.3 Å². The highest BCUT2D eigenvalue weighted by Crippen LogP contribution is 2.29. The van der Waals surface area contributed by atoms with E-state index in [0.717, 1.165) is 24.8 Å². The molecule has 0 aromatic heterocycles. The van der Waals surface area contributed by atoms with Gasteiger partial charge in [0, 0.05) is 6.54 Å². The first-order valence-corrected chi connectivity index (χ1v) is 6.12. The lowest BCUT2D eigenvalue weighted by molar-refractivity contribution is 0.414. The van der Waals surface area contributed by atoms with E-state index < -0.39 is 0 Å². The van der Waals surface area contributed by atoms with Crippen LogP contribution >= 0.6 is 11.6 Å². The molecule has 1 fully saturated rings. The first-order valence-electron chi connectivity index (χ1n) is 5.74. The minimum absolute atomic E-state index is 0.691. The van der Waals surface area contributed by atoms with Gasteiger partial charge < -0.3 is 10.1 Å². The zero-order chi connectivity index (χ0) is 11.5. The molecular formula is C13H18ClNO. The van der Waals surface area contributed by atoms with Gasteiger partial charge in [0.15, 0.2) is 0 Å². The summed E-state index contributed by atoms with van der Waals surface area (Å²) in [5.74, 6) is 1.67. The largest absolute Gasteiger partial charge is 0.495 e. The molecule has 16 heavy (non-hydrogen) atoms. The first kappa shape index (κ1) is 11.7. The van der Waals surface area contributed by atoms with Crippen LogP contribution < -0.4 is 10.1 Å². The van der Waals surface area contributed by atoms with Gasteiger partial charge >= 0.3 is 0 Å². The van der Waals surface area contributed by atoms with Crippen molar-refractivity contribution in [3.63, 3.8) is 0 Å². The quantitative estimate of drug-likeness (QED) is 0.852. The number of methoxy groups -OCH3 is 1. The fourth-order valence-corrected chi connectivity index (χ4v) is 2.04. The summed E-state index contributed by atoms with van der Waals surface area (Å²) in [6.07, 6.45) is 2.77. The van der Waals surface area contributed by atoms with Gasteiger partial charge in [-0.25, -0.2) is 0 Å². The smallest absolute Gasteiger partial charge is 0.137 e. The van der Waals surface area contributed by atoms with E-state index in [0.29, 0.717) is 5.02 Å². The Labute approximate surface area is 102 Å². The third-order valence-electron chi connectivity index (χ3n) is 3.06. The van der Waals surface area contributed by atoms with E-state index in [4.69, 9.17) is 16.3 Å². The molecule has 1 N–H and O–H groups in total. The Bertz CT molecular complexity index is 374. The third kappa shape index (κ3) is 2.89. The Hall–Kier alpha value is -0.730. The SMILES string of the molecule is COc1cc(C)c(CNCC2CC2)cc1Cl. The molecule has 0 bridgehead atoms. The Morgan fingerprint density at radius 3 is 2.81 bits per heavy atom. The fourth-order valence-electron chi connectivity index (χ4n) is 1.78. The molecule has 0 heterocycles. The highest BCUT2D eigenvalue weighted by molar-refractivity contribution is 6.32. The molecule has 3 heteroatoms. The minimum atomic E-state index is 0.691. The van der Waals surface area contributed by atoms with Gasteiger partial charge in [-0.15, -0.1) is 0 Å². The third-order valence-corrected chi connectivity index (χ3v) is 3.35. The van der Waals surface area contributed by atoms with Crippen molar-refractivity contribution >= 4 is 11.6 Å². The lowest BCUT2D eigenvalue weighted by Gasteiger charge is -2.11. The molecule has 0 saturated heterocycles. The highest BCUT2D eigenvalue weighted by Gasteiger charge is 2.20. The topological polar surface area (TPSA) is 21.3 Å². The molecule has 0 spiro atoms. The highest BCUT2D eigenvalue weighted by atomic mass is 35.5. The molecule has 2 rings (SSSR count). The van der Waals surface area contributed by atoms with Crippen molar-refractivity contribution in [1.82, 2.24) is 5.32 Å². The van der Waals surface area contributed by atoms with E-state index in [9.17, 15) is 0 Å². The lowest BCUT2D eigenvalue weighted by atomic mass is 10.1. The number of rotatable bonds is 5. The van der Waals surface area contributed by atoms with Crippen molar-refractivity contribution in [3.05, 3.63) is 28.3 Å². The maximum Gasteiger partial charge on any atom is 0.137 e. The van der Waals surface area contributed by atoms with Crippen molar-refractivity contribution in [2.75, 3.05) is 13.7 Å². The summed E-state index contributed by atoms with van der Waals surface area (Å²) >= 11 is 6.10. The number of hydrogen-bond acceptors (Lipinski definition) is 2. The number of aryl methyl sites for hydroxylation is 1. The Morgan fingerprint density at radius 1 is 1.44 bits per heavy atom. The Kier molecular flexibility index (Phi) is 3.72. The van der Waals surface area contributed by atoms with Crippen molar-refractivity contribution in [1.29, 1.82) is 0 Å². The Balaban J connectivity index is 1.98. The number of hydrogen-bond donors (Lipinski definition) is 1. The van der Waals surface area contributed by atoms with E-state index in [2.05, 4.69) is 12.2 Å². The number of benzene rings is 1. The second kappa shape index (κ2) is 5.07. The summed E-state index contributed by atoms with van der Waals surface area (Å²) in [6.45, 7) is 4.11. The molecule has 0 radical (unpaired) electrons. The molecule has 0 atom stereocenters. The molecule has 0 aliphatic heterocycles. The predicted octanol–water partition coefficient (Wildman–Crippen LogP) is 3.16. The molecule has 1 saturated carbocycles. The molecule has 1 aliphatic carbocycles. The predicted molar refractivity (Wildman–Crippen MR) is 67.2 cm³/mol. The van der Waals surface area contributed by atoms with Gasteiger partial charge in [-0.05, 0) is 55.5 Å². The van der Waals surface area contributed by atoms with Crippen molar-refractivity contribution in [3.8, 4) is 5.75 Å². The normalized spacial score (nSPS) is 15.2. The zero-order valence-corrected chi connectivity index (χ0v) is 10.6. The second-order valence-electron chi connectivity index (χ2n) is 4.49. The Morgan fingerprint density at radius 2 is 2.19 bits per heavy atom. The molecule has 1 aliphatic rings. The molecule has 0 amide bonds. The van der Waals surface area contributed by atoms with E-state index in [1.165, 1.54) is 24.0 Å². The molecule has 2 nitrogen and oxygen atoms in total. The zero-order valence-electron chi connectivity index (χ0n) is 9.85. The van der Waals surface area contributed by atoms with E-state index in [1.807, 2.05) is 12.1 Å². The van der Waals surface area contributed by atoms with Gasteiger partial charge in [0.2, 0.25) is 0 Å². The average Bonchev–Trinajstić information content (AvgIpc) is 3.06. The van der Waals surface area contributed by atoms with Crippen molar-refractivity contribution in [2.24, 2.45) is 5.92 Å². The van der Waals surface area contributed by atoms with E-state index in [1.54, 1.807) is 7.11 Å². The van der Waals surface area contributed by atoms with Gasteiger partial charge in [0.05, 0.1) is 12.1 Å². The average molecular weight is 240 g/mol. The summed E-state index contributed by atoms with van der Waals surface area (Å²) in [5, 5.41) is 4.16. The maximum atomic E-state index is 6.10.